The molecule has 1 amide bonds. The van der Waals surface area contributed by atoms with Gasteiger partial charge < -0.3 is 10.6 Å². The summed E-state index contributed by atoms with van der Waals surface area (Å²) >= 11 is 4.85. The van der Waals surface area contributed by atoms with E-state index in [4.69, 9.17) is 0 Å². The highest BCUT2D eigenvalue weighted by molar-refractivity contribution is 9.10. The summed E-state index contributed by atoms with van der Waals surface area (Å²) in [5.74, 6) is -0.0530. The number of amides is 1. The Labute approximate surface area is 137 Å². The van der Waals surface area contributed by atoms with Crippen LogP contribution in [0.4, 0.5) is 5.13 Å². The van der Waals surface area contributed by atoms with Gasteiger partial charge in [0.15, 0.2) is 5.13 Å². The molecule has 0 saturated heterocycles. The quantitative estimate of drug-likeness (QED) is 0.729. The fraction of sp³-hybridized carbons (Fsp3) is 0.333. The maximum absolute atomic E-state index is 11.8. The van der Waals surface area contributed by atoms with Crippen molar-refractivity contribution in [2.45, 2.75) is 19.8 Å². The van der Waals surface area contributed by atoms with Crippen molar-refractivity contribution in [3.63, 3.8) is 0 Å². The first-order valence-electron chi connectivity index (χ1n) is 6.91. The molecule has 21 heavy (non-hydrogen) atoms. The van der Waals surface area contributed by atoms with Crippen molar-refractivity contribution in [3.05, 3.63) is 34.1 Å². The van der Waals surface area contributed by atoms with Crippen LogP contribution in [0.25, 0.3) is 11.3 Å². The number of aromatic nitrogens is 1. The van der Waals surface area contributed by atoms with Gasteiger partial charge in [0, 0.05) is 15.4 Å². The molecule has 0 bridgehead atoms. The summed E-state index contributed by atoms with van der Waals surface area (Å²) in [6, 6.07) is 7.95. The molecule has 0 atom stereocenters. The van der Waals surface area contributed by atoms with E-state index in [1.807, 2.05) is 29.6 Å². The van der Waals surface area contributed by atoms with Gasteiger partial charge in [-0.25, -0.2) is 4.98 Å². The SMILES string of the molecule is CCCCNCC(=O)Nc1nc(-c2ccc(Br)cc2)cs1. The molecule has 4 nitrogen and oxygen atoms in total. The smallest absolute Gasteiger partial charge is 0.240 e. The minimum Gasteiger partial charge on any atom is -0.308 e. The summed E-state index contributed by atoms with van der Waals surface area (Å²) in [7, 11) is 0. The van der Waals surface area contributed by atoms with Crippen LogP contribution >= 0.6 is 27.3 Å². The van der Waals surface area contributed by atoms with E-state index in [2.05, 4.69) is 38.5 Å². The number of nitrogens with one attached hydrogen (secondary N) is 2. The van der Waals surface area contributed by atoms with Crippen molar-refractivity contribution in [2.75, 3.05) is 18.4 Å². The number of carbonyl (C=O) groups is 1. The lowest BCUT2D eigenvalue weighted by molar-refractivity contribution is -0.115. The fourth-order valence-electron chi connectivity index (χ4n) is 1.75. The van der Waals surface area contributed by atoms with Gasteiger partial charge >= 0.3 is 0 Å². The molecule has 0 spiro atoms. The molecule has 2 rings (SSSR count). The van der Waals surface area contributed by atoms with E-state index >= 15 is 0 Å². The van der Waals surface area contributed by atoms with Gasteiger partial charge in [-0.05, 0) is 25.1 Å². The van der Waals surface area contributed by atoms with Crippen molar-refractivity contribution in [1.82, 2.24) is 10.3 Å². The van der Waals surface area contributed by atoms with Crippen molar-refractivity contribution in [1.29, 1.82) is 0 Å². The topological polar surface area (TPSA) is 54.0 Å². The number of halogens is 1. The Bertz CT molecular complexity index is 583. The zero-order valence-electron chi connectivity index (χ0n) is 11.9. The van der Waals surface area contributed by atoms with Crippen LogP contribution in [0.1, 0.15) is 19.8 Å². The normalized spacial score (nSPS) is 10.6. The van der Waals surface area contributed by atoms with E-state index in [0.29, 0.717) is 11.7 Å². The van der Waals surface area contributed by atoms with E-state index < -0.39 is 0 Å². The summed E-state index contributed by atoms with van der Waals surface area (Å²) in [4.78, 5) is 16.2. The Morgan fingerprint density at radius 2 is 2.10 bits per heavy atom. The summed E-state index contributed by atoms with van der Waals surface area (Å²) in [6.07, 6.45) is 2.20. The first-order valence-corrected chi connectivity index (χ1v) is 8.58. The molecule has 0 radical (unpaired) electrons. The Balaban J connectivity index is 1.88. The Morgan fingerprint density at radius 3 is 2.81 bits per heavy atom. The molecule has 0 aliphatic carbocycles. The number of anilines is 1. The number of hydrogen-bond donors (Lipinski definition) is 2. The predicted molar refractivity (Wildman–Crippen MR) is 91.7 cm³/mol. The van der Waals surface area contributed by atoms with Gasteiger partial charge in [-0.1, -0.05) is 41.4 Å². The molecule has 2 N–H and O–H groups in total. The maximum atomic E-state index is 11.8. The fourth-order valence-corrected chi connectivity index (χ4v) is 2.75. The van der Waals surface area contributed by atoms with E-state index in [9.17, 15) is 4.79 Å². The average Bonchev–Trinajstić information content (AvgIpc) is 2.93. The lowest BCUT2D eigenvalue weighted by atomic mass is 10.2. The highest BCUT2D eigenvalue weighted by atomic mass is 79.9. The number of thiazole rings is 1. The molecule has 0 fully saturated rings. The van der Waals surface area contributed by atoms with E-state index in [1.165, 1.54) is 11.3 Å². The van der Waals surface area contributed by atoms with Gasteiger partial charge in [0.2, 0.25) is 5.91 Å². The molecule has 1 heterocycles. The highest BCUT2D eigenvalue weighted by Gasteiger charge is 2.07. The zero-order valence-corrected chi connectivity index (χ0v) is 14.3. The molecule has 6 heteroatoms. The average molecular weight is 368 g/mol. The van der Waals surface area contributed by atoms with Gasteiger partial charge in [-0.3, -0.25) is 4.79 Å². The second-order valence-corrected chi connectivity index (χ2v) is 6.40. The number of benzene rings is 1. The maximum Gasteiger partial charge on any atom is 0.240 e. The number of carbonyl (C=O) groups excluding carboxylic acids is 1. The molecule has 112 valence electrons. The van der Waals surface area contributed by atoms with Crippen molar-refractivity contribution in [3.8, 4) is 11.3 Å². The molecule has 1 aromatic carbocycles. The Morgan fingerprint density at radius 1 is 1.33 bits per heavy atom. The molecule has 1 aromatic heterocycles. The second kappa shape index (κ2) is 8.26. The molecule has 0 aliphatic heterocycles. The highest BCUT2D eigenvalue weighted by Crippen LogP contribution is 2.25. The van der Waals surface area contributed by atoms with E-state index in [0.717, 1.165) is 35.1 Å². The Hall–Kier alpha value is -1.24. The minimum atomic E-state index is -0.0530. The summed E-state index contributed by atoms with van der Waals surface area (Å²) in [5, 5.41) is 8.51. The first kappa shape index (κ1) is 16.1. The molecule has 0 unspecified atom stereocenters. The van der Waals surface area contributed by atoms with Crippen LogP contribution < -0.4 is 10.6 Å². The third-order valence-corrected chi connectivity index (χ3v) is 4.17. The van der Waals surface area contributed by atoms with Gasteiger partial charge in [0.05, 0.1) is 12.2 Å². The number of hydrogen-bond acceptors (Lipinski definition) is 4. The van der Waals surface area contributed by atoms with Crippen LogP contribution in [0.15, 0.2) is 34.1 Å². The lowest BCUT2D eigenvalue weighted by Crippen LogP contribution is -2.28. The van der Waals surface area contributed by atoms with Gasteiger partial charge in [-0.15, -0.1) is 11.3 Å². The van der Waals surface area contributed by atoms with Crippen LogP contribution in [-0.4, -0.2) is 24.0 Å². The second-order valence-electron chi connectivity index (χ2n) is 4.62. The van der Waals surface area contributed by atoms with E-state index in [-0.39, 0.29) is 5.91 Å². The molecular weight excluding hydrogens is 350 g/mol. The molecular formula is C15H18BrN3OS. The largest absolute Gasteiger partial charge is 0.308 e. The minimum absolute atomic E-state index is 0.0530. The number of rotatable bonds is 7. The summed E-state index contributed by atoms with van der Waals surface area (Å²) in [5.41, 5.74) is 1.91. The molecule has 0 saturated carbocycles. The lowest BCUT2D eigenvalue weighted by Gasteiger charge is -2.03. The van der Waals surface area contributed by atoms with Crippen molar-refractivity contribution < 1.29 is 4.79 Å². The van der Waals surface area contributed by atoms with Gasteiger partial charge in [0.25, 0.3) is 0 Å². The van der Waals surface area contributed by atoms with Gasteiger partial charge in [-0.2, -0.15) is 0 Å². The van der Waals surface area contributed by atoms with Crippen molar-refractivity contribution >= 4 is 38.3 Å². The van der Waals surface area contributed by atoms with Crippen LogP contribution in [-0.2, 0) is 4.79 Å². The van der Waals surface area contributed by atoms with Crippen LogP contribution in [0.2, 0.25) is 0 Å². The predicted octanol–water partition coefficient (Wildman–Crippen LogP) is 3.90. The van der Waals surface area contributed by atoms with Gasteiger partial charge in [0.1, 0.15) is 0 Å². The van der Waals surface area contributed by atoms with Crippen molar-refractivity contribution in [2.24, 2.45) is 0 Å². The van der Waals surface area contributed by atoms with Crippen LogP contribution in [0.5, 0.6) is 0 Å². The van der Waals surface area contributed by atoms with Crippen LogP contribution in [0, 0.1) is 0 Å². The van der Waals surface area contributed by atoms with E-state index in [1.54, 1.807) is 0 Å². The Kier molecular flexibility index (Phi) is 6.35. The molecule has 2 aromatic rings. The zero-order chi connectivity index (χ0) is 15.1. The number of unbranched alkanes of at least 4 members (excludes halogenated alkanes) is 1. The standard InChI is InChI=1S/C15H18BrN3OS/c1-2-3-8-17-9-14(20)19-15-18-13(10-21-15)11-4-6-12(16)7-5-11/h4-7,10,17H,2-3,8-9H2,1H3,(H,18,19,20). The summed E-state index contributed by atoms with van der Waals surface area (Å²) < 4.78 is 1.04. The monoisotopic (exact) mass is 367 g/mol. The third-order valence-electron chi connectivity index (χ3n) is 2.88. The number of nitrogens with zero attached hydrogens (tertiary/aromatic N) is 1. The summed E-state index contributed by atoms with van der Waals surface area (Å²) in [6.45, 7) is 3.32. The first-order chi connectivity index (χ1) is 10.2. The molecule has 0 aliphatic rings. The third kappa shape index (κ3) is 5.22. The van der Waals surface area contributed by atoms with Crippen LogP contribution in [0.3, 0.4) is 0 Å².